The predicted octanol–water partition coefficient (Wildman–Crippen LogP) is 2.56. The molecule has 0 atom stereocenters. The summed E-state index contributed by atoms with van der Waals surface area (Å²) in [7, 11) is -3.78. The van der Waals surface area contributed by atoms with Crippen molar-refractivity contribution < 1.29 is 22.0 Å². The summed E-state index contributed by atoms with van der Waals surface area (Å²) in [5, 5.41) is 2.54. The number of rotatable bonds is 5. The standard InChI is InChI=1S/C18H18ClF2N3O3S/c19-16-11-14(4-5-17(16)21)22-18(25)12-23-6-8-24(9-7-23)28(26,27)15-3-1-2-13(20)10-15/h1-5,10-11H,6-9,12H2,(H,22,25). The van der Waals surface area contributed by atoms with E-state index in [0.717, 1.165) is 12.1 Å². The van der Waals surface area contributed by atoms with E-state index in [1.54, 1.807) is 4.90 Å². The number of halogens is 3. The van der Waals surface area contributed by atoms with Crippen LogP contribution in [0.3, 0.4) is 0 Å². The van der Waals surface area contributed by atoms with Gasteiger partial charge in [-0.2, -0.15) is 4.31 Å². The van der Waals surface area contributed by atoms with E-state index in [4.69, 9.17) is 11.6 Å². The Hall–Kier alpha value is -2.07. The largest absolute Gasteiger partial charge is 0.325 e. The van der Waals surface area contributed by atoms with Crippen LogP contribution in [0.1, 0.15) is 0 Å². The highest BCUT2D eigenvalue weighted by Crippen LogP contribution is 2.20. The molecule has 0 bridgehead atoms. The van der Waals surface area contributed by atoms with E-state index in [0.29, 0.717) is 18.8 Å². The van der Waals surface area contributed by atoms with Gasteiger partial charge in [0.1, 0.15) is 11.6 Å². The van der Waals surface area contributed by atoms with E-state index in [1.807, 2.05) is 0 Å². The van der Waals surface area contributed by atoms with Gasteiger partial charge in [0.05, 0.1) is 16.5 Å². The molecule has 0 saturated carbocycles. The number of amides is 1. The molecule has 1 aliphatic rings. The third-order valence-electron chi connectivity index (χ3n) is 4.34. The third kappa shape index (κ3) is 4.85. The van der Waals surface area contributed by atoms with Crippen LogP contribution in [-0.2, 0) is 14.8 Å². The lowest BCUT2D eigenvalue weighted by atomic mass is 10.3. The molecule has 0 aromatic heterocycles. The van der Waals surface area contributed by atoms with Crippen molar-refractivity contribution in [2.75, 3.05) is 38.0 Å². The Labute approximate surface area is 166 Å². The van der Waals surface area contributed by atoms with Crippen LogP contribution in [0.5, 0.6) is 0 Å². The monoisotopic (exact) mass is 429 g/mol. The van der Waals surface area contributed by atoms with Gasteiger partial charge in [-0.1, -0.05) is 17.7 Å². The van der Waals surface area contributed by atoms with Gasteiger partial charge in [-0.05, 0) is 36.4 Å². The molecule has 1 amide bonds. The summed E-state index contributed by atoms with van der Waals surface area (Å²) in [5.74, 6) is -1.50. The number of nitrogens with zero attached hydrogens (tertiary/aromatic N) is 2. The molecule has 150 valence electrons. The first-order valence-electron chi connectivity index (χ1n) is 8.49. The number of carbonyl (C=O) groups excluding carboxylic acids is 1. The summed E-state index contributed by atoms with van der Waals surface area (Å²) < 4.78 is 52.9. The molecular weight excluding hydrogens is 412 g/mol. The summed E-state index contributed by atoms with van der Waals surface area (Å²) in [5.41, 5.74) is 0.378. The van der Waals surface area contributed by atoms with Gasteiger partial charge >= 0.3 is 0 Å². The Morgan fingerprint density at radius 3 is 2.43 bits per heavy atom. The molecule has 10 heteroatoms. The topological polar surface area (TPSA) is 69.7 Å². The van der Waals surface area contributed by atoms with Crippen molar-refractivity contribution in [1.82, 2.24) is 9.21 Å². The first-order valence-corrected chi connectivity index (χ1v) is 10.3. The second-order valence-electron chi connectivity index (χ2n) is 6.31. The first kappa shape index (κ1) is 20.7. The minimum Gasteiger partial charge on any atom is -0.325 e. The maximum atomic E-state index is 13.3. The maximum absolute atomic E-state index is 13.3. The molecule has 28 heavy (non-hydrogen) atoms. The average molecular weight is 430 g/mol. The zero-order valence-corrected chi connectivity index (χ0v) is 16.3. The van der Waals surface area contributed by atoms with Gasteiger partial charge in [0.25, 0.3) is 0 Å². The number of nitrogens with one attached hydrogen (secondary N) is 1. The van der Waals surface area contributed by atoms with E-state index in [1.165, 1.54) is 34.6 Å². The molecule has 2 aromatic rings. The van der Waals surface area contributed by atoms with Gasteiger partial charge in [-0.25, -0.2) is 17.2 Å². The minimum absolute atomic E-state index is 0.0584. The number of anilines is 1. The van der Waals surface area contributed by atoms with Crippen LogP contribution in [-0.4, -0.2) is 56.3 Å². The van der Waals surface area contributed by atoms with Crippen LogP contribution in [0.25, 0.3) is 0 Å². The quantitative estimate of drug-likeness (QED) is 0.793. The Balaban J connectivity index is 1.55. The molecule has 3 rings (SSSR count). The Morgan fingerprint density at radius 1 is 1.07 bits per heavy atom. The van der Waals surface area contributed by atoms with E-state index < -0.39 is 21.7 Å². The van der Waals surface area contributed by atoms with Crippen molar-refractivity contribution >= 4 is 33.2 Å². The van der Waals surface area contributed by atoms with Gasteiger partial charge < -0.3 is 5.32 Å². The van der Waals surface area contributed by atoms with Crippen molar-refractivity contribution in [3.8, 4) is 0 Å². The summed E-state index contributed by atoms with van der Waals surface area (Å²) >= 11 is 5.69. The van der Waals surface area contributed by atoms with Crippen molar-refractivity contribution in [3.05, 3.63) is 59.1 Å². The van der Waals surface area contributed by atoms with E-state index in [9.17, 15) is 22.0 Å². The molecule has 2 aromatic carbocycles. The van der Waals surface area contributed by atoms with Crippen molar-refractivity contribution in [2.45, 2.75) is 4.90 Å². The summed E-state index contributed by atoms with van der Waals surface area (Å²) in [6.07, 6.45) is 0. The lowest BCUT2D eigenvalue weighted by Crippen LogP contribution is -2.50. The molecule has 0 radical (unpaired) electrons. The average Bonchev–Trinajstić information content (AvgIpc) is 2.65. The lowest BCUT2D eigenvalue weighted by molar-refractivity contribution is -0.117. The smallest absolute Gasteiger partial charge is 0.243 e. The van der Waals surface area contributed by atoms with Crippen LogP contribution in [0, 0.1) is 11.6 Å². The van der Waals surface area contributed by atoms with Gasteiger partial charge in [0.15, 0.2) is 0 Å². The van der Waals surface area contributed by atoms with Crippen LogP contribution in [0.15, 0.2) is 47.4 Å². The molecule has 6 nitrogen and oxygen atoms in total. The van der Waals surface area contributed by atoms with Crippen molar-refractivity contribution in [3.63, 3.8) is 0 Å². The van der Waals surface area contributed by atoms with Crippen LogP contribution < -0.4 is 5.32 Å². The normalized spacial score (nSPS) is 16.1. The molecule has 0 aliphatic carbocycles. The van der Waals surface area contributed by atoms with Crippen molar-refractivity contribution in [1.29, 1.82) is 0 Å². The number of benzene rings is 2. The number of carbonyl (C=O) groups is 1. The van der Waals surface area contributed by atoms with Crippen LogP contribution in [0.4, 0.5) is 14.5 Å². The fourth-order valence-corrected chi connectivity index (χ4v) is 4.52. The highest BCUT2D eigenvalue weighted by molar-refractivity contribution is 7.89. The van der Waals surface area contributed by atoms with Gasteiger partial charge in [0.2, 0.25) is 15.9 Å². The molecule has 1 heterocycles. The van der Waals surface area contributed by atoms with Gasteiger partial charge in [-0.3, -0.25) is 9.69 Å². The fourth-order valence-electron chi connectivity index (χ4n) is 2.88. The molecule has 0 unspecified atom stereocenters. The summed E-state index contributed by atoms with van der Waals surface area (Å²) in [4.78, 5) is 13.9. The molecular formula is C18H18ClF2N3O3S. The van der Waals surface area contributed by atoms with Crippen LogP contribution >= 0.6 is 11.6 Å². The molecule has 1 fully saturated rings. The third-order valence-corrected chi connectivity index (χ3v) is 6.52. The number of hydrogen-bond acceptors (Lipinski definition) is 4. The molecule has 1 saturated heterocycles. The Morgan fingerprint density at radius 2 is 1.79 bits per heavy atom. The second kappa shape index (κ2) is 8.52. The molecule has 0 spiro atoms. The maximum Gasteiger partial charge on any atom is 0.243 e. The highest BCUT2D eigenvalue weighted by Gasteiger charge is 2.29. The van der Waals surface area contributed by atoms with Gasteiger partial charge in [-0.15, -0.1) is 0 Å². The molecule has 1 aliphatic heterocycles. The minimum atomic E-state index is -3.78. The highest BCUT2D eigenvalue weighted by atomic mass is 35.5. The SMILES string of the molecule is O=C(CN1CCN(S(=O)(=O)c2cccc(F)c2)CC1)Nc1ccc(F)c(Cl)c1. The zero-order valence-electron chi connectivity index (χ0n) is 14.7. The van der Waals surface area contributed by atoms with E-state index >= 15 is 0 Å². The zero-order chi connectivity index (χ0) is 20.3. The van der Waals surface area contributed by atoms with Crippen molar-refractivity contribution in [2.24, 2.45) is 0 Å². The van der Waals surface area contributed by atoms with Gasteiger partial charge in [0, 0.05) is 31.9 Å². The second-order valence-corrected chi connectivity index (χ2v) is 8.66. The lowest BCUT2D eigenvalue weighted by Gasteiger charge is -2.33. The first-order chi connectivity index (χ1) is 13.3. The van der Waals surface area contributed by atoms with Crippen LogP contribution in [0.2, 0.25) is 5.02 Å². The predicted molar refractivity (Wildman–Crippen MR) is 102 cm³/mol. The van der Waals surface area contributed by atoms with E-state index in [2.05, 4.69) is 5.32 Å². The number of hydrogen-bond donors (Lipinski definition) is 1. The summed E-state index contributed by atoms with van der Waals surface area (Å²) in [6, 6.07) is 8.76. The number of piperazine rings is 1. The van der Waals surface area contributed by atoms with E-state index in [-0.39, 0.29) is 35.5 Å². The fraction of sp³-hybridized carbons (Fsp3) is 0.278. The Bertz CT molecular complexity index is 980. The summed E-state index contributed by atoms with van der Waals surface area (Å²) in [6.45, 7) is 1.14. The Kier molecular flexibility index (Phi) is 6.29. The molecule has 1 N–H and O–H groups in total. The number of sulfonamides is 1.